The number of aliphatic hydroxyl groups excluding tert-OH is 1. The van der Waals surface area contributed by atoms with Gasteiger partial charge in [0.2, 0.25) is 0 Å². The second kappa shape index (κ2) is 7.01. The first kappa shape index (κ1) is 16.5. The van der Waals surface area contributed by atoms with Gasteiger partial charge in [-0.25, -0.2) is 0 Å². The van der Waals surface area contributed by atoms with Gasteiger partial charge in [0.1, 0.15) is 0 Å². The Hall–Kier alpha value is -2.40. The van der Waals surface area contributed by atoms with E-state index in [1.54, 1.807) is 6.20 Å². The van der Waals surface area contributed by atoms with E-state index in [9.17, 15) is 9.90 Å². The molecule has 1 unspecified atom stereocenters. The molecule has 2 aromatic rings. The summed E-state index contributed by atoms with van der Waals surface area (Å²) in [5.41, 5.74) is 2.45. The van der Waals surface area contributed by atoms with Crippen LogP contribution in [0.2, 0.25) is 0 Å². The molecule has 0 saturated heterocycles. The quantitative estimate of drug-likeness (QED) is 0.886. The minimum absolute atomic E-state index is 0.115. The highest BCUT2D eigenvalue weighted by Crippen LogP contribution is 2.37. The molecule has 24 heavy (non-hydrogen) atoms. The fraction of sp³-hybridized carbons (Fsp3) is 0.368. The molecule has 1 saturated carbocycles. The SMILES string of the molecule is CN(C)c1cccc(C(=O)NC(c2ccccn2)C2CC(O)C2)c1. The molecular weight excluding hydrogens is 302 g/mol. The molecule has 0 bridgehead atoms. The van der Waals surface area contributed by atoms with Gasteiger partial charge in [-0.05, 0) is 49.1 Å². The molecule has 5 heteroatoms. The van der Waals surface area contributed by atoms with Gasteiger partial charge in [-0.2, -0.15) is 0 Å². The number of aromatic nitrogens is 1. The van der Waals surface area contributed by atoms with Gasteiger partial charge in [0.15, 0.2) is 0 Å². The third-order valence-electron chi connectivity index (χ3n) is 4.54. The van der Waals surface area contributed by atoms with Crippen molar-refractivity contribution in [3.05, 3.63) is 59.9 Å². The smallest absolute Gasteiger partial charge is 0.251 e. The van der Waals surface area contributed by atoms with Crippen LogP contribution in [0.5, 0.6) is 0 Å². The fourth-order valence-electron chi connectivity index (χ4n) is 3.05. The van der Waals surface area contributed by atoms with E-state index >= 15 is 0 Å². The van der Waals surface area contributed by atoms with Gasteiger partial charge in [0.05, 0.1) is 17.8 Å². The zero-order chi connectivity index (χ0) is 17.1. The van der Waals surface area contributed by atoms with E-state index in [-0.39, 0.29) is 24.0 Å². The number of anilines is 1. The first-order chi connectivity index (χ1) is 11.5. The van der Waals surface area contributed by atoms with Gasteiger partial charge >= 0.3 is 0 Å². The van der Waals surface area contributed by atoms with Crippen molar-refractivity contribution in [2.24, 2.45) is 5.92 Å². The van der Waals surface area contributed by atoms with Crippen LogP contribution in [0.25, 0.3) is 0 Å². The molecule has 1 fully saturated rings. The summed E-state index contributed by atoms with van der Waals surface area (Å²) >= 11 is 0. The predicted octanol–water partition coefficient (Wildman–Crippen LogP) is 2.39. The lowest BCUT2D eigenvalue weighted by molar-refractivity contribution is 0.0228. The van der Waals surface area contributed by atoms with Crippen molar-refractivity contribution in [2.75, 3.05) is 19.0 Å². The van der Waals surface area contributed by atoms with E-state index in [1.165, 1.54) is 0 Å². The zero-order valence-corrected chi connectivity index (χ0v) is 14.0. The van der Waals surface area contributed by atoms with Crippen LogP contribution in [0.15, 0.2) is 48.7 Å². The van der Waals surface area contributed by atoms with E-state index in [4.69, 9.17) is 0 Å². The normalized spacial score (nSPS) is 20.8. The molecule has 1 aromatic heterocycles. The molecule has 0 spiro atoms. The molecule has 1 aliphatic rings. The second-order valence-corrected chi connectivity index (χ2v) is 6.54. The molecule has 1 heterocycles. The highest BCUT2D eigenvalue weighted by Gasteiger charge is 2.36. The standard InChI is InChI=1S/C19H23N3O2/c1-22(2)15-7-5-6-13(10-15)19(24)21-18(14-11-16(23)12-14)17-8-3-4-9-20-17/h3-10,14,16,18,23H,11-12H2,1-2H3,(H,21,24). The van der Waals surface area contributed by atoms with Crippen LogP contribution in [0.4, 0.5) is 5.69 Å². The third-order valence-corrected chi connectivity index (χ3v) is 4.54. The molecule has 1 amide bonds. The van der Waals surface area contributed by atoms with Crippen molar-refractivity contribution in [2.45, 2.75) is 25.0 Å². The Kier molecular flexibility index (Phi) is 4.81. The maximum Gasteiger partial charge on any atom is 0.251 e. The van der Waals surface area contributed by atoms with E-state index in [0.29, 0.717) is 18.4 Å². The summed E-state index contributed by atoms with van der Waals surface area (Å²) in [6.45, 7) is 0. The monoisotopic (exact) mass is 325 g/mol. The number of aliphatic hydroxyl groups is 1. The van der Waals surface area contributed by atoms with Gasteiger partial charge in [0.25, 0.3) is 5.91 Å². The van der Waals surface area contributed by atoms with Crippen LogP contribution >= 0.6 is 0 Å². The van der Waals surface area contributed by atoms with Gasteiger partial charge < -0.3 is 15.3 Å². The van der Waals surface area contributed by atoms with Crippen LogP contribution in [0.3, 0.4) is 0 Å². The van der Waals surface area contributed by atoms with Crippen LogP contribution in [0.1, 0.15) is 34.9 Å². The Morgan fingerprint density at radius 2 is 2.04 bits per heavy atom. The molecule has 1 aromatic carbocycles. The van der Waals surface area contributed by atoms with Crippen molar-refractivity contribution in [3.8, 4) is 0 Å². The maximum absolute atomic E-state index is 12.7. The van der Waals surface area contributed by atoms with Gasteiger partial charge in [-0.1, -0.05) is 12.1 Å². The molecule has 126 valence electrons. The fourth-order valence-corrected chi connectivity index (χ4v) is 3.05. The number of hydrogen-bond donors (Lipinski definition) is 2. The summed E-state index contributed by atoms with van der Waals surface area (Å²) in [5, 5.41) is 12.7. The van der Waals surface area contributed by atoms with Crippen molar-refractivity contribution in [3.63, 3.8) is 0 Å². The second-order valence-electron chi connectivity index (χ2n) is 6.54. The predicted molar refractivity (Wildman–Crippen MR) is 93.9 cm³/mol. The number of amides is 1. The highest BCUT2D eigenvalue weighted by molar-refractivity contribution is 5.95. The van der Waals surface area contributed by atoms with Crippen molar-refractivity contribution in [1.29, 1.82) is 0 Å². The summed E-state index contributed by atoms with van der Waals surface area (Å²) < 4.78 is 0. The first-order valence-corrected chi connectivity index (χ1v) is 8.22. The molecule has 1 aliphatic carbocycles. The summed E-state index contributed by atoms with van der Waals surface area (Å²) in [7, 11) is 3.90. The summed E-state index contributed by atoms with van der Waals surface area (Å²) in [5.74, 6) is 0.103. The maximum atomic E-state index is 12.7. The Morgan fingerprint density at radius 3 is 2.67 bits per heavy atom. The number of carbonyl (C=O) groups is 1. The average Bonchev–Trinajstić information content (AvgIpc) is 2.58. The number of benzene rings is 1. The van der Waals surface area contributed by atoms with Crippen LogP contribution in [-0.4, -0.2) is 36.2 Å². The van der Waals surface area contributed by atoms with E-state index in [1.807, 2.05) is 61.5 Å². The number of hydrogen-bond acceptors (Lipinski definition) is 4. The van der Waals surface area contributed by atoms with Crippen molar-refractivity contribution < 1.29 is 9.90 Å². The van der Waals surface area contributed by atoms with Gasteiger partial charge in [-0.15, -0.1) is 0 Å². The molecule has 3 rings (SSSR count). The Morgan fingerprint density at radius 1 is 1.25 bits per heavy atom. The third kappa shape index (κ3) is 3.57. The van der Waals surface area contributed by atoms with E-state index in [2.05, 4.69) is 10.3 Å². The number of carbonyl (C=O) groups excluding carboxylic acids is 1. The molecule has 5 nitrogen and oxygen atoms in total. The number of rotatable bonds is 5. The van der Waals surface area contributed by atoms with E-state index in [0.717, 1.165) is 11.4 Å². The summed E-state index contributed by atoms with van der Waals surface area (Å²) in [6, 6.07) is 13.1. The molecular formula is C19H23N3O2. The lowest BCUT2D eigenvalue weighted by Gasteiger charge is -2.37. The summed E-state index contributed by atoms with van der Waals surface area (Å²) in [4.78, 5) is 19.1. The number of nitrogens with one attached hydrogen (secondary N) is 1. The Labute approximate surface area is 142 Å². The topological polar surface area (TPSA) is 65.5 Å². The average molecular weight is 325 g/mol. The minimum atomic E-state index is -0.268. The minimum Gasteiger partial charge on any atom is -0.393 e. The summed E-state index contributed by atoms with van der Waals surface area (Å²) in [6.07, 6.45) is 2.85. The van der Waals surface area contributed by atoms with Crippen molar-refractivity contribution in [1.82, 2.24) is 10.3 Å². The van der Waals surface area contributed by atoms with Crippen molar-refractivity contribution >= 4 is 11.6 Å². The Balaban J connectivity index is 1.79. The van der Waals surface area contributed by atoms with Crippen LogP contribution in [-0.2, 0) is 0 Å². The highest BCUT2D eigenvalue weighted by atomic mass is 16.3. The first-order valence-electron chi connectivity index (χ1n) is 8.22. The number of nitrogens with zero attached hydrogens (tertiary/aromatic N) is 2. The molecule has 0 radical (unpaired) electrons. The zero-order valence-electron chi connectivity index (χ0n) is 14.0. The largest absolute Gasteiger partial charge is 0.393 e. The lowest BCUT2D eigenvalue weighted by atomic mass is 9.76. The van der Waals surface area contributed by atoms with Gasteiger partial charge in [-0.3, -0.25) is 9.78 Å². The van der Waals surface area contributed by atoms with Crippen LogP contribution in [0, 0.1) is 5.92 Å². The molecule has 2 N–H and O–H groups in total. The Bertz CT molecular complexity index is 697. The number of pyridine rings is 1. The van der Waals surface area contributed by atoms with Crippen LogP contribution < -0.4 is 10.2 Å². The molecule has 0 aliphatic heterocycles. The van der Waals surface area contributed by atoms with Gasteiger partial charge in [0, 0.05) is 31.5 Å². The lowest BCUT2D eigenvalue weighted by Crippen LogP contribution is -2.41. The molecule has 1 atom stereocenters. The van der Waals surface area contributed by atoms with E-state index < -0.39 is 0 Å².